The summed E-state index contributed by atoms with van der Waals surface area (Å²) in [6.45, 7) is 3.08. The summed E-state index contributed by atoms with van der Waals surface area (Å²) in [5, 5.41) is 2.98. The van der Waals surface area contributed by atoms with Crippen LogP contribution < -0.4 is 5.32 Å². The number of benzene rings is 1. The summed E-state index contributed by atoms with van der Waals surface area (Å²) in [6.07, 6.45) is 3.43. The molecule has 2 aromatic rings. The second-order valence-corrected chi connectivity index (χ2v) is 6.50. The molecule has 2 amide bonds. The van der Waals surface area contributed by atoms with E-state index in [2.05, 4.69) is 10.3 Å². The zero-order valence-electron chi connectivity index (χ0n) is 13.1. The molecule has 1 spiro atoms. The largest absolute Gasteiger partial charge is 0.357 e. The highest BCUT2D eigenvalue weighted by Crippen LogP contribution is 2.43. The highest BCUT2D eigenvalue weighted by Gasteiger charge is 2.49. The van der Waals surface area contributed by atoms with Crippen LogP contribution in [0.2, 0.25) is 0 Å². The fourth-order valence-electron chi connectivity index (χ4n) is 3.80. The molecular weight excluding hydrogens is 290 g/mol. The summed E-state index contributed by atoms with van der Waals surface area (Å²) in [5.74, 6) is -0.0202. The molecule has 0 saturated carbocycles. The lowest BCUT2D eigenvalue weighted by Gasteiger charge is -2.38. The molecule has 3 heterocycles. The number of para-hydroxylation sites is 1. The first-order chi connectivity index (χ1) is 11.1. The number of amides is 2. The van der Waals surface area contributed by atoms with Gasteiger partial charge in [0.1, 0.15) is 5.69 Å². The van der Waals surface area contributed by atoms with Crippen LogP contribution in [0.15, 0.2) is 36.5 Å². The number of H-pyrrole nitrogens is 1. The van der Waals surface area contributed by atoms with Gasteiger partial charge in [0.05, 0.1) is 5.41 Å². The first-order valence-corrected chi connectivity index (χ1v) is 7.95. The van der Waals surface area contributed by atoms with Crippen molar-refractivity contribution in [3.05, 3.63) is 53.3 Å². The fraction of sp³-hybridized carbons (Fsp3) is 0.333. The Morgan fingerprint density at radius 1 is 1.30 bits per heavy atom. The normalized spacial score (nSPS) is 23.0. The lowest BCUT2D eigenvalue weighted by molar-refractivity contribution is -0.122. The minimum atomic E-state index is -0.605. The van der Waals surface area contributed by atoms with Crippen molar-refractivity contribution in [1.29, 1.82) is 0 Å². The quantitative estimate of drug-likeness (QED) is 0.850. The molecule has 1 aromatic carbocycles. The smallest absolute Gasteiger partial charge is 0.270 e. The van der Waals surface area contributed by atoms with Crippen LogP contribution in [0, 0.1) is 6.92 Å². The predicted octanol–water partition coefficient (Wildman–Crippen LogP) is 2.45. The minimum Gasteiger partial charge on any atom is -0.357 e. The molecule has 2 aliphatic heterocycles. The Hall–Kier alpha value is -2.56. The third-order valence-electron chi connectivity index (χ3n) is 4.96. The van der Waals surface area contributed by atoms with Gasteiger partial charge in [-0.25, -0.2) is 0 Å². The van der Waals surface area contributed by atoms with Crippen LogP contribution in [-0.2, 0) is 10.2 Å². The van der Waals surface area contributed by atoms with Gasteiger partial charge in [-0.15, -0.1) is 0 Å². The van der Waals surface area contributed by atoms with Crippen molar-refractivity contribution in [1.82, 2.24) is 9.88 Å². The molecule has 118 valence electrons. The van der Waals surface area contributed by atoms with Gasteiger partial charge in [-0.2, -0.15) is 0 Å². The summed E-state index contributed by atoms with van der Waals surface area (Å²) in [7, 11) is 0. The van der Waals surface area contributed by atoms with Crippen LogP contribution >= 0.6 is 0 Å². The van der Waals surface area contributed by atoms with Crippen LogP contribution in [0.1, 0.15) is 34.5 Å². The van der Waals surface area contributed by atoms with Crippen molar-refractivity contribution in [2.45, 2.75) is 25.2 Å². The third-order valence-corrected chi connectivity index (χ3v) is 4.96. The zero-order chi connectivity index (χ0) is 16.0. The molecule has 2 aliphatic rings. The Bertz CT molecular complexity index is 795. The molecule has 1 saturated heterocycles. The van der Waals surface area contributed by atoms with E-state index in [1.165, 1.54) is 0 Å². The fourth-order valence-corrected chi connectivity index (χ4v) is 3.80. The van der Waals surface area contributed by atoms with Gasteiger partial charge >= 0.3 is 0 Å². The van der Waals surface area contributed by atoms with Crippen molar-refractivity contribution < 1.29 is 9.59 Å². The Morgan fingerprint density at radius 3 is 2.91 bits per heavy atom. The third kappa shape index (κ3) is 2.07. The number of hydrogen-bond acceptors (Lipinski definition) is 2. The van der Waals surface area contributed by atoms with Gasteiger partial charge in [-0.1, -0.05) is 18.2 Å². The van der Waals surface area contributed by atoms with E-state index in [9.17, 15) is 9.59 Å². The van der Waals surface area contributed by atoms with Crippen LogP contribution in [-0.4, -0.2) is 34.8 Å². The Balaban J connectivity index is 1.67. The van der Waals surface area contributed by atoms with Crippen LogP contribution in [0.25, 0.3) is 0 Å². The monoisotopic (exact) mass is 309 g/mol. The molecule has 1 fully saturated rings. The average molecular weight is 309 g/mol. The Labute approximate surface area is 134 Å². The second kappa shape index (κ2) is 4.98. The number of likely N-dealkylation sites (tertiary alicyclic amines) is 1. The first kappa shape index (κ1) is 14.1. The predicted molar refractivity (Wildman–Crippen MR) is 87.4 cm³/mol. The molecule has 5 heteroatoms. The number of carbonyl (C=O) groups is 2. The van der Waals surface area contributed by atoms with Gasteiger partial charge in [0.25, 0.3) is 5.91 Å². The highest BCUT2D eigenvalue weighted by atomic mass is 16.2. The van der Waals surface area contributed by atoms with E-state index >= 15 is 0 Å². The van der Waals surface area contributed by atoms with E-state index in [0.717, 1.165) is 29.7 Å². The molecule has 0 radical (unpaired) electrons. The van der Waals surface area contributed by atoms with E-state index in [-0.39, 0.29) is 11.8 Å². The highest BCUT2D eigenvalue weighted by molar-refractivity contribution is 6.07. The van der Waals surface area contributed by atoms with E-state index in [0.29, 0.717) is 18.8 Å². The molecule has 0 bridgehead atoms. The maximum atomic E-state index is 12.7. The number of piperidine rings is 1. The van der Waals surface area contributed by atoms with Crippen molar-refractivity contribution in [3.63, 3.8) is 0 Å². The molecule has 1 atom stereocenters. The summed E-state index contributed by atoms with van der Waals surface area (Å²) in [6, 6.07) is 9.66. The van der Waals surface area contributed by atoms with Gasteiger partial charge in [-0.3, -0.25) is 9.59 Å². The molecular formula is C18H19N3O2. The molecule has 0 aliphatic carbocycles. The van der Waals surface area contributed by atoms with Gasteiger partial charge < -0.3 is 15.2 Å². The number of nitrogens with zero attached hydrogens (tertiary/aromatic N) is 1. The maximum Gasteiger partial charge on any atom is 0.270 e. The summed E-state index contributed by atoms with van der Waals surface area (Å²) in [4.78, 5) is 30.2. The topological polar surface area (TPSA) is 65.2 Å². The summed E-state index contributed by atoms with van der Waals surface area (Å²) in [5.41, 5.74) is 2.91. The zero-order valence-corrected chi connectivity index (χ0v) is 13.1. The van der Waals surface area contributed by atoms with Crippen LogP contribution in [0.4, 0.5) is 5.69 Å². The van der Waals surface area contributed by atoms with E-state index in [1.807, 2.05) is 43.5 Å². The van der Waals surface area contributed by atoms with Gasteiger partial charge in [0.2, 0.25) is 5.91 Å². The van der Waals surface area contributed by atoms with Crippen molar-refractivity contribution in [2.24, 2.45) is 0 Å². The molecule has 1 aromatic heterocycles. The average Bonchev–Trinajstić information content (AvgIpc) is 3.10. The lowest BCUT2D eigenvalue weighted by atomic mass is 9.75. The van der Waals surface area contributed by atoms with Gasteiger partial charge in [0, 0.05) is 25.0 Å². The Kier molecular flexibility index (Phi) is 3.04. The van der Waals surface area contributed by atoms with E-state index in [1.54, 1.807) is 4.90 Å². The van der Waals surface area contributed by atoms with Crippen LogP contribution in [0.3, 0.4) is 0 Å². The van der Waals surface area contributed by atoms with Crippen LogP contribution in [0.5, 0.6) is 0 Å². The number of hydrogen-bond donors (Lipinski definition) is 2. The second-order valence-electron chi connectivity index (χ2n) is 6.50. The van der Waals surface area contributed by atoms with E-state index in [4.69, 9.17) is 0 Å². The number of fused-ring (bicyclic) bond motifs is 2. The number of carbonyl (C=O) groups excluding carboxylic acids is 2. The SMILES string of the molecule is Cc1c[nH]c(C(=O)N2CCC[C@]3(C2)C(=O)Nc2ccccc23)c1. The molecule has 2 N–H and O–H groups in total. The molecule has 0 unspecified atom stereocenters. The number of aryl methyl sites for hydroxylation is 1. The molecule has 4 rings (SSSR count). The number of rotatable bonds is 1. The molecule has 23 heavy (non-hydrogen) atoms. The van der Waals surface area contributed by atoms with Gasteiger partial charge in [0.15, 0.2) is 0 Å². The van der Waals surface area contributed by atoms with Crippen molar-refractivity contribution >= 4 is 17.5 Å². The lowest BCUT2D eigenvalue weighted by Crippen LogP contribution is -2.51. The minimum absolute atomic E-state index is 0.0128. The number of anilines is 1. The molecule has 5 nitrogen and oxygen atoms in total. The maximum absolute atomic E-state index is 12.7. The summed E-state index contributed by atoms with van der Waals surface area (Å²) >= 11 is 0. The number of aromatic amines is 1. The van der Waals surface area contributed by atoms with Crippen molar-refractivity contribution in [2.75, 3.05) is 18.4 Å². The Morgan fingerprint density at radius 2 is 2.13 bits per heavy atom. The number of nitrogens with one attached hydrogen (secondary N) is 2. The standard InChI is InChI=1S/C18H19N3O2/c1-12-9-15(19-10-12)16(22)21-8-4-7-18(11-21)13-5-2-3-6-14(13)20-17(18)23/h2-3,5-6,9-10,19H,4,7-8,11H2,1H3,(H,20,23)/t18-/m1/s1. The van der Waals surface area contributed by atoms with Crippen molar-refractivity contribution in [3.8, 4) is 0 Å². The van der Waals surface area contributed by atoms with E-state index < -0.39 is 5.41 Å². The summed E-state index contributed by atoms with van der Waals surface area (Å²) < 4.78 is 0. The number of aromatic nitrogens is 1. The van der Waals surface area contributed by atoms with Gasteiger partial charge in [-0.05, 0) is 43.0 Å². The first-order valence-electron chi connectivity index (χ1n) is 7.95.